The van der Waals surface area contributed by atoms with Crippen molar-refractivity contribution in [2.45, 2.75) is 0 Å². The van der Waals surface area contributed by atoms with Crippen molar-refractivity contribution < 1.29 is 0 Å². The van der Waals surface area contributed by atoms with Crippen LogP contribution in [0.3, 0.4) is 0 Å². The Hall–Kier alpha value is -4.02. The van der Waals surface area contributed by atoms with Gasteiger partial charge < -0.3 is 25.3 Å². The normalized spacial score (nSPS) is 16.8. The highest BCUT2D eigenvalue weighted by Crippen LogP contribution is 2.23. The lowest BCUT2D eigenvalue weighted by molar-refractivity contribution is 0.313. The number of nitrogens with zero attached hydrogens (tertiary/aromatic N) is 7. The van der Waals surface area contributed by atoms with Crippen LogP contribution in [-0.2, 0) is 0 Å². The van der Waals surface area contributed by atoms with E-state index in [4.69, 9.17) is 0 Å². The van der Waals surface area contributed by atoms with E-state index in [1.165, 1.54) is 11.9 Å². The summed E-state index contributed by atoms with van der Waals surface area (Å²) >= 11 is 0. The van der Waals surface area contributed by atoms with E-state index in [1.807, 2.05) is 24.3 Å². The lowest BCUT2D eigenvalue weighted by Gasteiger charge is -2.34. The molecular formula is C27H31N9O. The van der Waals surface area contributed by atoms with Crippen molar-refractivity contribution in [3.05, 3.63) is 71.3 Å². The first-order valence-electron chi connectivity index (χ1n) is 12.8. The highest BCUT2D eigenvalue weighted by atomic mass is 16.1. The fourth-order valence-corrected chi connectivity index (χ4v) is 4.90. The van der Waals surface area contributed by atoms with E-state index in [0.29, 0.717) is 17.1 Å². The van der Waals surface area contributed by atoms with Gasteiger partial charge in [-0.25, -0.2) is 9.97 Å². The molecule has 0 spiro atoms. The Morgan fingerprint density at radius 2 is 1.38 bits per heavy atom. The Labute approximate surface area is 215 Å². The van der Waals surface area contributed by atoms with Crippen molar-refractivity contribution in [3.8, 4) is 5.69 Å². The van der Waals surface area contributed by atoms with Crippen LogP contribution in [0.5, 0.6) is 0 Å². The topological polar surface area (TPSA) is 94.4 Å². The van der Waals surface area contributed by atoms with Gasteiger partial charge in [-0.1, -0.05) is 0 Å². The van der Waals surface area contributed by atoms with E-state index >= 15 is 0 Å². The van der Waals surface area contributed by atoms with Gasteiger partial charge in [0.15, 0.2) is 5.65 Å². The standard InChI is InChI=1S/C27H31N9O/c1-33-14-16-35(17-15-33)21-4-2-20(3-5-21)31-27-30-18-24-26(32-27)36(25(37)19-29-24)23-8-6-22(7-9-23)34-12-10-28-11-13-34/h2-9,18-19,28H,10-17H2,1H3,(H,30,31,32). The summed E-state index contributed by atoms with van der Waals surface area (Å²) in [4.78, 5) is 33.4. The molecule has 2 fully saturated rings. The van der Waals surface area contributed by atoms with Crippen molar-refractivity contribution in [1.82, 2.24) is 29.7 Å². The molecule has 0 atom stereocenters. The molecule has 10 heteroatoms. The third kappa shape index (κ3) is 4.98. The van der Waals surface area contributed by atoms with E-state index in [-0.39, 0.29) is 5.56 Å². The molecule has 10 nitrogen and oxygen atoms in total. The summed E-state index contributed by atoms with van der Waals surface area (Å²) in [7, 11) is 2.16. The first-order valence-corrected chi connectivity index (χ1v) is 12.8. The largest absolute Gasteiger partial charge is 0.369 e. The minimum absolute atomic E-state index is 0.233. The van der Waals surface area contributed by atoms with Crippen LogP contribution in [0.4, 0.5) is 23.0 Å². The van der Waals surface area contributed by atoms with Gasteiger partial charge >= 0.3 is 0 Å². The Balaban J connectivity index is 1.25. The highest BCUT2D eigenvalue weighted by molar-refractivity contribution is 5.73. The maximum Gasteiger partial charge on any atom is 0.275 e. The smallest absolute Gasteiger partial charge is 0.275 e. The first-order chi connectivity index (χ1) is 18.1. The molecule has 4 heterocycles. The molecule has 0 amide bonds. The molecule has 4 aromatic rings. The summed E-state index contributed by atoms with van der Waals surface area (Å²) in [6, 6.07) is 16.3. The van der Waals surface area contributed by atoms with Crippen LogP contribution in [-0.4, -0.2) is 83.8 Å². The molecule has 2 aliphatic heterocycles. The predicted octanol–water partition coefficient (Wildman–Crippen LogP) is 2.08. The van der Waals surface area contributed by atoms with Gasteiger partial charge in [-0.15, -0.1) is 0 Å². The van der Waals surface area contributed by atoms with Crippen molar-refractivity contribution in [2.75, 3.05) is 74.5 Å². The molecule has 2 aromatic heterocycles. The molecule has 37 heavy (non-hydrogen) atoms. The highest BCUT2D eigenvalue weighted by Gasteiger charge is 2.15. The van der Waals surface area contributed by atoms with Crippen LogP contribution >= 0.6 is 0 Å². The predicted molar refractivity (Wildman–Crippen MR) is 147 cm³/mol. The summed E-state index contributed by atoms with van der Waals surface area (Å²) in [6.45, 7) is 8.07. The second-order valence-electron chi connectivity index (χ2n) is 9.55. The number of hydrogen-bond acceptors (Lipinski definition) is 9. The maximum absolute atomic E-state index is 12.9. The molecule has 0 aliphatic carbocycles. The van der Waals surface area contributed by atoms with E-state index < -0.39 is 0 Å². The molecule has 2 N–H and O–H groups in total. The third-order valence-electron chi connectivity index (χ3n) is 7.08. The number of benzene rings is 2. The summed E-state index contributed by atoms with van der Waals surface area (Å²) in [5.41, 5.74) is 4.78. The van der Waals surface area contributed by atoms with Crippen LogP contribution < -0.4 is 26.0 Å². The zero-order chi connectivity index (χ0) is 25.2. The molecule has 190 valence electrons. The average molecular weight is 498 g/mol. The quantitative estimate of drug-likeness (QED) is 0.430. The number of rotatable bonds is 5. The Kier molecular flexibility index (Phi) is 6.42. The van der Waals surface area contributed by atoms with E-state index in [1.54, 1.807) is 10.8 Å². The van der Waals surface area contributed by atoms with E-state index in [2.05, 4.69) is 71.6 Å². The SMILES string of the molecule is CN1CCN(c2ccc(Nc3ncc4ncc(=O)n(-c5ccc(N6CCNCC6)cc5)c4n3)cc2)CC1. The lowest BCUT2D eigenvalue weighted by atomic mass is 10.2. The summed E-state index contributed by atoms with van der Waals surface area (Å²) in [5, 5.41) is 6.65. The van der Waals surface area contributed by atoms with Crippen LogP contribution in [0.1, 0.15) is 0 Å². The molecule has 2 saturated heterocycles. The van der Waals surface area contributed by atoms with Gasteiger partial charge in [0.05, 0.1) is 18.1 Å². The van der Waals surface area contributed by atoms with Crippen LogP contribution in [0.25, 0.3) is 16.9 Å². The summed E-state index contributed by atoms with van der Waals surface area (Å²) in [5.74, 6) is 0.415. The minimum Gasteiger partial charge on any atom is -0.369 e. The zero-order valence-electron chi connectivity index (χ0n) is 21.0. The van der Waals surface area contributed by atoms with Gasteiger partial charge in [-0.3, -0.25) is 9.36 Å². The molecular weight excluding hydrogens is 466 g/mol. The minimum atomic E-state index is -0.233. The Morgan fingerprint density at radius 3 is 2.08 bits per heavy atom. The zero-order valence-corrected chi connectivity index (χ0v) is 21.0. The summed E-state index contributed by atoms with van der Waals surface area (Å²) < 4.78 is 1.59. The number of likely N-dealkylation sites (N-methyl/N-ethyl adjacent to an activating group) is 1. The van der Waals surface area contributed by atoms with Crippen molar-refractivity contribution in [2.24, 2.45) is 0 Å². The maximum atomic E-state index is 12.9. The number of anilines is 4. The molecule has 2 aromatic carbocycles. The van der Waals surface area contributed by atoms with Gasteiger partial charge in [-0.05, 0) is 55.6 Å². The van der Waals surface area contributed by atoms with Crippen LogP contribution in [0.15, 0.2) is 65.7 Å². The number of hydrogen-bond donors (Lipinski definition) is 2. The lowest BCUT2D eigenvalue weighted by Crippen LogP contribution is -2.44. The summed E-state index contributed by atoms with van der Waals surface area (Å²) in [6.07, 6.45) is 2.97. The van der Waals surface area contributed by atoms with Crippen LogP contribution in [0.2, 0.25) is 0 Å². The van der Waals surface area contributed by atoms with E-state index in [0.717, 1.165) is 69.4 Å². The molecule has 6 rings (SSSR count). The van der Waals surface area contributed by atoms with Gasteiger partial charge in [0.1, 0.15) is 5.52 Å². The second-order valence-corrected chi connectivity index (χ2v) is 9.55. The van der Waals surface area contributed by atoms with Gasteiger partial charge in [0.25, 0.3) is 5.56 Å². The second kappa shape index (κ2) is 10.2. The number of fused-ring (bicyclic) bond motifs is 1. The fraction of sp³-hybridized carbons (Fsp3) is 0.333. The number of nitrogens with one attached hydrogen (secondary N) is 2. The molecule has 0 saturated carbocycles. The van der Waals surface area contributed by atoms with Crippen molar-refractivity contribution >= 4 is 34.2 Å². The third-order valence-corrected chi connectivity index (χ3v) is 7.08. The van der Waals surface area contributed by atoms with Crippen molar-refractivity contribution in [1.29, 1.82) is 0 Å². The average Bonchev–Trinajstić information content (AvgIpc) is 2.94. The van der Waals surface area contributed by atoms with Gasteiger partial charge in [0.2, 0.25) is 5.95 Å². The molecule has 0 bridgehead atoms. The molecule has 0 radical (unpaired) electrons. The van der Waals surface area contributed by atoms with Crippen molar-refractivity contribution in [3.63, 3.8) is 0 Å². The molecule has 0 unspecified atom stereocenters. The monoisotopic (exact) mass is 497 g/mol. The number of aromatic nitrogens is 4. The first kappa shape index (κ1) is 23.4. The number of piperazine rings is 2. The molecule has 2 aliphatic rings. The fourth-order valence-electron chi connectivity index (χ4n) is 4.90. The van der Waals surface area contributed by atoms with Gasteiger partial charge in [0, 0.05) is 69.4 Å². The Bertz CT molecular complexity index is 1420. The Morgan fingerprint density at radius 1 is 0.757 bits per heavy atom. The van der Waals surface area contributed by atoms with Gasteiger partial charge in [-0.2, -0.15) is 4.98 Å². The van der Waals surface area contributed by atoms with Crippen LogP contribution in [0, 0.1) is 0 Å². The van der Waals surface area contributed by atoms with E-state index in [9.17, 15) is 4.79 Å².